The summed E-state index contributed by atoms with van der Waals surface area (Å²) in [6.45, 7) is 6.11. The fourth-order valence-electron chi connectivity index (χ4n) is 2.86. The van der Waals surface area contributed by atoms with Crippen LogP contribution >= 0.6 is 0 Å². The third-order valence-electron chi connectivity index (χ3n) is 3.94. The number of nitrogen functional groups attached to an aromatic ring is 1. The maximum absolute atomic E-state index is 11.7. The Balaban J connectivity index is 2.13. The van der Waals surface area contributed by atoms with Crippen LogP contribution in [0.25, 0.3) is 11.2 Å². The van der Waals surface area contributed by atoms with Crippen LogP contribution in [-0.4, -0.2) is 31.2 Å². The van der Waals surface area contributed by atoms with Gasteiger partial charge in [0.15, 0.2) is 11.2 Å². The molecule has 1 aliphatic rings. The fourth-order valence-corrected chi connectivity index (χ4v) is 2.86. The van der Waals surface area contributed by atoms with E-state index in [1.54, 1.807) is 10.9 Å². The van der Waals surface area contributed by atoms with Gasteiger partial charge in [-0.1, -0.05) is 13.5 Å². The van der Waals surface area contributed by atoms with Crippen molar-refractivity contribution in [3.63, 3.8) is 0 Å². The molecule has 4 N–H and O–H groups in total. The number of nitrogens with one attached hydrogen (secondary N) is 1. The van der Waals surface area contributed by atoms with E-state index in [1.807, 2.05) is 6.92 Å². The standard InChI is InChI=1S/C12H15N5O2/c1-5-7(3-18)6(2)9(5)17-4-14-8-10(17)15-12(13)16-11(8)19/h4,6-7,9,18H,1,3H2,2H3,(H3,13,15,16,19)/t6-,7+,9-/m1/s1. The van der Waals surface area contributed by atoms with E-state index in [2.05, 4.69) is 21.5 Å². The lowest BCUT2D eigenvalue weighted by Crippen LogP contribution is -2.41. The molecule has 100 valence electrons. The minimum Gasteiger partial charge on any atom is -0.396 e. The number of imidazole rings is 1. The number of H-pyrrole nitrogens is 1. The lowest BCUT2D eigenvalue weighted by Gasteiger charge is -2.45. The Morgan fingerprint density at radius 3 is 3.00 bits per heavy atom. The average molecular weight is 261 g/mol. The number of aromatic amines is 1. The zero-order chi connectivity index (χ0) is 13.7. The first kappa shape index (κ1) is 11.9. The number of aliphatic hydroxyl groups excluding tert-OH is 1. The molecule has 0 amide bonds. The summed E-state index contributed by atoms with van der Waals surface area (Å²) >= 11 is 0. The Bertz CT molecular complexity index is 716. The van der Waals surface area contributed by atoms with Crippen LogP contribution in [0.2, 0.25) is 0 Å². The van der Waals surface area contributed by atoms with Crippen molar-refractivity contribution < 1.29 is 5.11 Å². The summed E-state index contributed by atoms with van der Waals surface area (Å²) in [5.41, 5.74) is 6.86. The summed E-state index contributed by atoms with van der Waals surface area (Å²) in [6, 6.07) is -0.00384. The number of nitrogens with zero attached hydrogens (tertiary/aromatic N) is 3. The summed E-state index contributed by atoms with van der Waals surface area (Å²) in [4.78, 5) is 22.3. The molecule has 0 aromatic carbocycles. The van der Waals surface area contributed by atoms with Crippen LogP contribution in [0, 0.1) is 11.8 Å². The molecule has 19 heavy (non-hydrogen) atoms. The van der Waals surface area contributed by atoms with Gasteiger partial charge in [0.25, 0.3) is 5.56 Å². The second kappa shape index (κ2) is 3.92. The molecule has 0 unspecified atom stereocenters. The highest BCUT2D eigenvalue weighted by molar-refractivity contribution is 5.71. The van der Waals surface area contributed by atoms with Gasteiger partial charge in [-0.15, -0.1) is 0 Å². The van der Waals surface area contributed by atoms with E-state index in [1.165, 1.54) is 0 Å². The molecule has 0 spiro atoms. The molecule has 3 atom stereocenters. The molecule has 2 aromatic rings. The SMILES string of the molecule is C=C1[C@@H](n2cnc3c(=O)[nH]c(N)nc32)[C@H](C)[C@H]1CO. The second-order valence-corrected chi connectivity index (χ2v) is 4.94. The van der Waals surface area contributed by atoms with Crippen LogP contribution < -0.4 is 11.3 Å². The van der Waals surface area contributed by atoms with Gasteiger partial charge in [-0.2, -0.15) is 4.98 Å². The van der Waals surface area contributed by atoms with Gasteiger partial charge in [-0.3, -0.25) is 9.78 Å². The van der Waals surface area contributed by atoms with Gasteiger partial charge >= 0.3 is 0 Å². The third kappa shape index (κ3) is 1.51. The molecular weight excluding hydrogens is 246 g/mol. The molecule has 2 heterocycles. The number of aliphatic hydroxyl groups is 1. The van der Waals surface area contributed by atoms with Gasteiger partial charge in [0.2, 0.25) is 5.95 Å². The summed E-state index contributed by atoms with van der Waals surface area (Å²) in [6.07, 6.45) is 1.58. The van der Waals surface area contributed by atoms with Gasteiger partial charge in [0, 0.05) is 5.92 Å². The number of aromatic nitrogens is 4. The van der Waals surface area contributed by atoms with Gasteiger partial charge in [0.1, 0.15) is 0 Å². The van der Waals surface area contributed by atoms with E-state index in [0.717, 1.165) is 5.57 Å². The molecule has 7 nitrogen and oxygen atoms in total. The molecule has 3 rings (SSSR count). The molecule has 1 aliphatic carbocycles. The quantitative estimate of drug-likeness (QED) is 0.662. The number of hydrogen-bond acceptors (Lipinski definition) is 5. The van der Waals surface area contributed by atoms with Crippen molar-refractivity contribution >= 4 is 17.1 Å². The van der Waals surface area contributed by atoms with Crippen molar-refractivity contribution in [2.75, 3.05) is 12.3 Å². The first-order chi connectivity index (χ1) is 9.04. The Kier molecular flexibility index (Phi) is 2.46. The highest BCUT2D eigenvalue weighted by Gasteiger charge is 2.43. The van der Waals surface area contributed by atoms with Crippen molar-refractivity contribution in [2.24, 2.45) is 11.8 Å². The number of nitrogens with two attached hydrogens (primary N) is 1. The predicted molar refractivity (Wildman–Crippen MR) is 70.5 cm³/mol. The van der Waals surface area contributed by atoms with Crippen LogP contribution in [0.3, 0.4) is 0 Å². The Labute approximate surface area is 108 Å². The molecule has 2 aromatic heterocycles. The van der Waals surface area contributed by atoms with Crippen LogP contribution in [0.5, 0.6) is 0 Å². The normalized spacial score (nSPS) is 26.6. The summed E-state index contributed by atoms with van der Waals surface area (Å²) in [5, 5.41) is 9.27. The summed E-state index contributed by atoms with van der Waals surface area (Å²) in [7, 11) is 0. The number of fused-ring (bicyclic) bond motifs is 1. The highest BCUT2D eigenvalue weighted by Crippen LogP contribution is 2.48. The smallest absolute Gasteiger partial charge is 0.280 e. The highest BCUT2D eigenvalue weighted by atomic mass is 16.3. The monoisotopic (exact) mass is 261 g/mol. The molecule has 1 saturated carbocycles. The zero-order valence-corrected chi connectivity index (χ0v) is 10.5. The first-order valence-electron chi connectivity index (χ1n) is 6.06. The van der Waals surface area contributed by atoms with E-state index in [0.29, 0.717) is 5.65 Å². The van der Waals surface area contributed by atoms with Crippen LogP contribution in [0.15, 0.2) is 23.3 Å². The Morgan fingerprint density at radius 1 is 1.63 bits per heavy atom. The maximum Gasteiger partial charge on any atom is 0.280 e. The Morgan fingerprint density at radius 2 is 2.37 bits per heavy atom. The number of hydrogen-bond donors (Lipinski definition) is 3. The molecule has 7 heteroatoms. The van der Waals surface area contributed by atoms with E-state index < -0.39 is 0 Å². The predicted octanol–water partition coefficient (Wildman–Crippen LogP) is 0.0573. The maximum atomic E-state index is 11.7. The van der Waals surface area contributed by atoms with Gasteiger partial charge in [-0.25, -0.2) is 4.98 Å². The summed E-state index contributed by atoms with van der Waals surface area (Å²) < 4.78 is 1.81. The van der Waals surface area contributed by atoms with E-state index >= 15 is 0 Å². The number of anilines is 1. The summed E-state index contributed by atoms with van der Waals surface area (Å²) in [5.74, 6) is 0.370. The van der Waals surface area contributed by atoms with Crippen molar-refractivity contribution in [2.45, 2.75) is 13.0 Å². The lowest BCUT2D eigenvalue weighted by molar-refractivity contribution is 0.116. The fraction of sp³-hybridized carbons (Fsp3) is 0.417. The average Bonchev–Trinajstić information content (AvgIpc) is 2.74. The van der Waals surface area contributed by atoms with Crippen LogP contribution in [0.4, 0.5) is 5.95 Å². The molecule has 0 saturated heterocycles. The lowest BCUT2D eigenvalue weighted by atomic mass is 9.67. The largest absolute Gasteiger partial charge is 0.396 e. The van der Waals surface area contributed by atoms with E-state index in [9.17, 15) is 9.90 Å². The van der Waals surface area contributed by atoms with Crippen molar-refractivity contribution in [1.82, 2.24) is 19.5 Å². The van der Waals surface area contributed by atoms with Crippen molar-refractivity contribution in [3.8, 4) is 0 Å². The molecular formula is C12H15N5O2. The second-order valence-electron chi connectivity index (χ2n) is 4.94. The topological polar surface area (TPSA) is 110 Å². The zero-order valence-electron chi connectivity index (χ0n) is 10.5. The van der Waals surface area contributed by atoms with Gasteiger partial charge in [0.05, 0.1) is 19.0 Å². The minimum atomic E-state index is -0.349. The van der Waals surface area contributed by atoms with Gasteiger partial charge in [-0.05, 0) is 11.5 Å². The molecule has 0 radical (unpaired) electrons. The van der Waals surface area contributed by atoms with Crippen LogP contribution in [-0.2, 0) is 0 Å². The third-order valence-corrected chi connectivity index (χ3v) is 3.94. The molecule has 0 bridgehead atoms. The number of rotatable bonds is 2. The minimum absolute atomic E-state index is 0.00384. The van der Waals surface area contributed by atoms with Crippen molar-refractivity contribution in [3.05, 3.63) is 28.8 Å². The van der Waals surface area contributed by atoms with Crippen LogP contribution in [0.1, 0.15) is 13.0 Å². The molecule has 0 aliphatic heterocycles. The molecule has 1 fully saturated rings. The first-order valence-corrected chi connectivity index (χ1v) is 6.06. The van der Waals surface area contributed by atoms with E-state index in [-0.39, 0.29) is 41.5 Å². The van der Waals surface area contributed by atoms with Crippen molar-refractivity contribution in [1.29, 1.82) is 0 Å². The van der Waals surface area contributed by atoms with Gasteiger partial charge < -0.3 is 15.4 Å². The Hall–Kier alpha value is -2.15. The van der Waals surface area contributed by atoms with E-state index in [4.69, 9.17) is 5.73 Å².